The monoisotopic (exact) mass is 342 g/mol. The molecule has 2 fully saturated rings. The van der Waals surface area contributed by atoms with Crippen LogP contribution in [0.4, 0.5) is 4.79 Å². The Kier molecular flexibility index (Phi) is 4.40. The van der Waals surface area contributed by atoms with Gasteiger partial charge in [0.1, 0.15) is 5.52 Å². The lowest BCUT2D eigenvalue weighted by Crippen LogP contribution is -2.47. The molecule has 2 N–H and O–H groups in total. The molecule has 1 aliphatic carbocycles. The number of imide groups is 1. The number of nitrogens with one attached hydrogen (secondary N) is 2. The Morgan fingerprint density at radius 2 is 2.08 bits per heavy atom. The summed E-state index contributed by atoms with van der Waals surface area (Å²) in [6.45, 7) is 1.77. The normalized spacial score (nSPS) is 21.2. The molecule has 1 aromatic heterocycles. The molecule has 3 amide bonds. The molecule has 0 bridgehead atoms. The largest absolute Gasteiger partial charge is 0.440 e. The molecular formula is C18H22N4O3. The summed E-state index contributed by atoms with van der Waals surface area (Å²) in [7, 11) is 0. The molecule has 132 valence electrons. The minimum Gasteiger partial charge on any atom is -0.440 e. The van der Waals surface area contributed by atoms with Crippen LogP contribution >= 0.6 is 0 Å². The number of para-hydroxylation sites is 2. The van der Waals surface area contributed by atoms with Crippen LogP contribution in [0.3, 0.4) is 0 Å². The molecular weight excluding hydrogens is 320 g/mol. The molecule has 7 nitrogen and oxygen atoms in total. The summed E-state index contributed by atoms with van der Waals surface area (Å²) in [5, 5.41) is 5.16. The average molecular weight is 342 g/mol. The third kappa shape index (κ3) is 3.99. The van der Waals surface area contributed by atoms with Crippen LogP contribution in [-0.2, 0) is 4.79 Å². The number of urea groups is 1. The molecule has 25 heavy (non-hydrogen) atoms. The van der Waals surface area contributed by atoms with E-state index in [2.05, 4.69) is 20.5 Å². The fourth-order valence-corrected chi connectivity index (χ4v) is 3.28. The fraction of sp³-hybridized carbons (Fsp3) is 0.500. The first-order valence-electron chi connectivity index (χ1n) is 8.85. The highest BCUT2D eigenvalue weighted by molar-refractivity contribution is 5.95. The first kappa shape index (κ1) is 16.1. The Bertz CT molecular complexity index is 750. The molecule has 4 rings (SSSR count). The highest BCUT2D eigenvalue weighted by Crippen LogP contribution is 2.28. The fourth-order valence-electron chi connectivity index (χ4n) is 3.28. The highest BCUT2D eigenvalue weighted by atomic mass is 16.3. The third-order valence-corrected chi connectivity index (χ3v) is 4.70. The molecule has 1 atom stereocenters. The number of hydrogen-bond donors (Lipinski definition) is 2. The summed E-state index contributed by atoms with van der Waals surface area (Å²) in [4.78, 5) is 30.3. The number of carbonyl (C=O) groups is 2. The van der Waals surface area contributed by atoms with Crippen molar-refractivity contribution in [3.05, 3.63) is 30.2 Å². The maximum atomic E-state index is 12.1. The lowest BCUT2D eigenvalue weighted by Gasteiger charge is -2.30. The van der Waals surface area contributed by atoms with Crippen molar-refractivity contribution in [2.75, 3.05) is 19.6 Å². The molecule has 2 aliphatic rings. The van der Waals surface area contributed by atoms with Gasteiger partial charge in [-0.05, 0) is 44.4 Å². The Labute approximate surface area is 145 Å². The minimum atomic E-state index is -0.389. The topological polar surface area (TPSA) is 87.5 Å². The molecule has 2 aromatic rings. The molecule has 1 aliphatic heterocycles. The van der Waals surface area contributed by atoms with Crippen molar-refractivity contribution in [1.29, 1.82) is 0 Å². The number of benzene rings is 1. The zero-order chi connectivity index (χ0) is 17.2. The van der Waals surface area contributed by atoms with Crippen molar-refractivity contribution >= 4 is 23.0 Å². The van der Waals surface area contributed by atoms with Crippen LogP contribution < -0.4 is 10.6 Å². The standard InChI is InChI=1S/C18H22N4O3/c23-16(21-18(24)19-13-7-8-13)11-22-9-3-4-12(10-22)17-20-14-5-1-2-6-15(14)25-17/h1-2,5-6,12-13H,3-4,7-11H2,(H2,19,21,23,24). The minimum absolute atomic E-state index is 0.175. The predicted octanol–water partition coefficient (Wildman–Crippen LogP) is 2.00. The van der Waals surface area contributed by atoms with Crippen LogP contribution in [0.25, 0.3) is 11.1 Å². The molecule has 1 saturated carbocycles. The highest BCUT2D eigenvalue weighted by Gasteiger charge is 2.28. The van der Waals surface area contributed by atoms with Gasteiger partial charge in [-0.1, -0.05) is 12.1 Å². The molecule has 1 unspecified atom stereocenters. The summed E-state index contributed by atoms with van der Waals surface area (Å²) in [6.07, 6.45) is 3.97. The van der Waals surface area contributed by atoms with Crippen molar-refractivity contribution in [3.63, 3.8) is 0 Å². The number of amides is 3. The number of likely N-dealkylation sites (tertiary alicyclic amines) is 1. The lowest BCUT2D eigenvalue weighted by molar-refractivity contribution is -0.121. The second-order valence-corrected chi connectivity index (χ2v) is 6.89. The Morgan fingerprint density at radius 1 is 1.24 bits per heavy atom. The van der Waals surface area contributed by atoms with Crippen LogP contribution in [0, 0.1) is 0 Å². The smallest absolute Gasteiger partial charge is 0.321 e. The van der Waals surface area contributed by atoms with Crippen molar-refractivity contribution in [1.82, 2.24) is 20.5 Å². The molecule has 1 saturated heterocycles. The van der Waals surface area contributed by atoms with Gasteiger partial charge in [-0.3, -0.25) is 15.0 Å². The zero-order valence-corrected chi connectivity index (χ0v) is 14.0. The summed E-state index contributed by atoms with van der Waals surface area (Å²) in [5.41, 5.74) is 1.66. The zero-order valence-electron chi connectivity index (χ0n) is 14.0. The van der Waals surface area contributed by atoms with Crippen molar-refractivity contribution in [2.45, 2.75) is 37.6 Å². The maximum Gasteiger partial charge on any atom is 0.321 e. The van der Waals surface area contributed by atoms with E-state index in [-0.39, 0.29) is 30.4 Å². The van der Waals surface area contributed by atoms with E-state index in [0.29, 0.717) is 6.54 Å². The van der Waals surface area contributed by atoms with Crippen LogP contribution in [0.5, 0.6) is 0 Å². The SMILES string of the molecule is O=C(CN1CCCC(c2nc3ccccc3o2)C1)NC(=O)NC1CC1. The van der Waals surface area contributed by atoms with Crippen LogP contribution in [0.1, 0.15) is 37.5 Å². The van der Waals surface area contributed by atoms with Gasteiger partial charge in [-0.25, -0.2) is 9.78 Å². The number of carbonyl (C=O) groups excluding carboxylic acids is 2. The molecule has 0 spiro atoms. The van der Waals surface area contributed by atoms with Gasteiger partial charge in [0.15, 0.2) is 11.5 Å². The van der Waals surface area contributed by atoms with Gasteiger partial charge in [-0.15, -0.1) is 0 Å². The summed E-state index contributed by atoms with van der Waals surface area (Å²) < 4.78 is 5.87. The molecule has 7 heteroatoms. The van der Waals surface area contributed by atoms with E-state index in [4.69, 9.17) is 4.42 Å². The molecule has 0 radical (unpaired) electrons. The van der Waals surface area contributed by atoms with Gasteiger partial charge in [-0.2, -0.15) is 0 Å². The number of hydrogen-bond acceptors (Lipinski definition) is 5. The van der Waals surface area contributed by atoms with Crippen molar-refractivity contribution in [3.8, 4) is 0 Å². The van der Waals surface area contributed by atoms with Gasteiger partial charge in [0.2, 0.25) is 5.91 Å². The molecule has 2 heterocycles. The van der Waals surface area contributed by atoms with Crippen molar-refractivity contribution in [2.24, 2.45) is 0 Å². The number of aromatic nitrogens is 1. The average Bonchev–Trinajstić information content (AvgIpc) is 3.29. The van der Waals surface area contributed by atoms with Gasteiger partial charge < -0.3 is 9.73 Å². The summed E-state index contributed by atoms with van der Waals surface area (Å²) >= 11 is 0. The first-order valence-corrected chi connectivity index (χ1v) is 8.85. The van der Waals surface area contributed by atoms with Gasteiger partial charge in [0.05, 0.1) is 6.54 Å². The third-order valence-electron chi connectivity index (χ3n) is 4.70. The molecule has 1 aromatic carbocycles. The van der Waals surface area contributed by atoms with E-state index in [1.165, 1.54) is 0 Å². The van der Waals surface area contributed by atoms with E-state index in [1.54, 1.807) is 0 Å². The van der Waals surface area contributed by atoms with Crippen molar-refractivity contribution < 1.29 is 14.0 Å². The Morgan fingerprint density at radius 3 is 2.88 bits per heavy atom. The summed E-state index contributed by atoms with van der Waals surface area (Å²) in [5.74, 6) is 0.642. The van der Waals surface area contributed by atoms with Crippen LogP contribution in [-0.4, -0.2) is 47.5 Å². The second kappa shape index (κ2) is 6.84. The number of oxazole rings is 1. The quantitative estimate of drug-likeness (QED) is 0.887. The number of fused-ring (bicyclic) bond motifs is 1. The van der Waals surface area contributed by atoms with Crippen LogP contribution in [0.15, 0.2) is 28.7 Å². The van der Waals surface area contributed by atoms with Crippen LogP contribution in [0.2, 0.25) is 0 Å². The lowest BCUT2D eigenvalue weighted by atomic mass is 9.98. The number of nitrogens with zero attached hydrogens (tertiary/aromatic N) is 2. The van der Waals surface area contributed by atoms with E-state index >= 15 is 0 Å². The van der Waals surface area contributed by atoms with E-state index < -0.39 is 0 Å². The second-order valence-electron chi connectivity index (χ2n) is 6.89. The van der Waals surface area contributed by atoms with E-state index in [9.17, 15) is 9.59 Å². The Balaban J connectivity index is 1.33. The summed E-state index contributed by atoms with van der Waals surface area (Å²) in [6, 6.07) is 7.58. The maximum absolute atomic E-state index is 12.1. The van der Waals surface area contributed by atoms with E-state index in [1.807, 2.05) is 24.3 Å². The predicted molar refractivity (Wildman–Crippen MR) is 92.1 cm³/mol. The van der Waals surface area contributed by atoms with Gasteiger partial charge in [0, 0.05) is 18.5 Å². The number of piperidine rings is 1. The van der Waals surface area contributed by atoms with Gasteiger partial charge >= 0.3 is 6.03 Å². The van der Waals surface area contributed by atoms with Gasteiger partial charge in [0.25, 0.3) is 0 Å². The first-order chi connectivity index (χ1) is 12.2. The Hall–Kier alpha value is -2.41. The number of rotatable bonds is 4. The van der Waals surface area contributed by atoms with E-state index in [0.717, 1.165) is 49.2 Å².